The van der Waals surface area contributed by atoms with E-state index in [9.17, 15) is 9.90 Å². The van der Waals surface area contributed by atoms with Crippen LogP contribution in [0.15, 0.2) is 42.5 Å². The van der Waals surface area contributed by atoms with E-state index < -0.39 is 0 Å². The van der Waals surface area contributed by atoms with Crippen LogP contribution in [-0.4, -0.2) is 18.0 Å². The minimum absolute atomic E-state index is 0.124. The van der Waals surface area contributed by atoms with Crippen LogP contribution in [0.2, 0.25) is 5.02 Å². The average molecular weight is 263 g/mol. The molecule has 18 heavy (non-hydrogen) atoms. The molecule has 0 aromatic heterocycles. The molecule has 1 N–H and O–H groups in total. The number of phenols is 1. The second-order valence-corrected chi connectivity index (χ2v) is 4.13. The fourth-order valence-corrected chi connectivity index (χ4v) is 1.84. The summed E-state index contributed by atoms with van der Waals surface area (Å²) in [5, 5.41) is 9.56. The van der Waals surface area contributed by atoms with Gasteiger partial charge in [0.25, 0.3) is 0 Å². The number of hydrogen-bond acceptors (Lipinski definition) is 3. The molecule has 0 saturated heterocycles. The van der Waals surface area contributed by atoms with Crippen molar-refractivity contribution in [1.29, 1.82) is 0 Å². The van der Waals surface area contributed by atoms with E-state index in [1.54, 1.807) is 30.3 Å². The maximum Gasteiger partial charge on any atom is 0.193 e. The van der Waals surface area contributed by atoms with Gasteiger partial charge in [-0.2, -0.15) is 0 Å². The van der Waals surface area contributed by atoms with Crippen molar-refractivity contribution < 1.29 is 14.6 Å². The lowest BCUT2D eigenvalue weighted by Gasteiger charge is -2.05. The molecule has 2 rings (SSSR count). The number of carbonyl (C=O) groups is 1. The van der Waals surface area contributed by atoms with E-state index in [4.69, 9.17) is 16.3 Å². The molecule has 92 valence electrons. The first-order valence-corrected chi connectivity index (χ1v) is 5.67. The first kappa shape index (κ1) is 12.5. The predicted molar refractivity (Wildman–Crippen MR) is 69.5 cm³/mol. The Morgan fingerprint density at radius 1 is 1.11 bits per heavy atom. The molecule has 2 aromatic rings. The van der Waals surface area contributed by atoms with Gasteiger partial charge in [0, 0.05) is 11.1 Å². The Hall–Kier alpha value is -2.00. The summed E-state index contributed by atoms with van der Waals surface area (Å²) in [7, 11) is 1.52. The van der Waals surface area contributed by atoms with Gasteiger partial charge in [-0.1, -0.05) is 11.6 Å². The number of aromatic hydroxyl groups is 1. The summed E-state index contributed by atoms with van der Waals surface area (Å²) in [5.41, 5.74) is 0.973. The van der Waals surface area contributed by atoms with Crippen molar-refractivity contribution in [3.63, 3.8) is 0 Å². The quantitative estimate of drug-likeness (QED) is 0.864. The molecule has 0 aliphatic carbocycles. The number of phenolic OH excluding ortho intramolecular Hbond substituents is 1. The van der Waals surface area contributed by atoms with Crippen molar-refractivity contribution in [2.45, 2.75) is 0 Å². The average Bonchev–Trinajstić information content (AvgIpc) is 2.38. The summed E-state index contributed by atoms with van der Waals surface area (Å²) in [6.45, 7) is 0. The number of ketones is 1. The second kappa shape index (κ2) is 5.10. The standard InChI is InChI=1S/C14H11ClO3/c1-18-13-7-4-10(8-12(13)15)14(17)9-2-5-11(16)6-3-9/h2-8,16H,1H3. The number of carbonyl (C=O) groups excluding carboxylic acids is 1. The molecule has 0 saturated carbocycles. The molecule has 0 unspecified atom stereocenters. The Morgan fingerprint density at radius 2 is 1.72 bits per heavy atom. The molecule has 0 heterocycles. The number of halogens is 1. The second-order valence-electron chi connectivity index (χ2n) is 3.73. The van der Waals surface area contributed by atoms with Crippen LogP contribution in [0, 0.1) is 0 Å². The topological polar surface area (TPSA) is 46.5 Å². The lowest BCUT2D eigenvalue weighted by molar-refractivity contribution is 0.103. The molecule has 0 aliphatic rings. The van der Waals surface area contributed by atoms with Gasteiger partial charge in [0.05, 0.1) is 12.1 Å². The zero-order chi connectivity index (χ0) is 13.1. The Morgan fingerprint density at radius 3 is 2.28 bits per heavy atom. The van der Waals surface area contributed by atoms with Crippen LogP contribution >= 0.6 is 11.6 Å². The number of rotatable bonds is 3. The highest BCUT2D eigenvalue weighted by atomic mass is 35.5. The molecule has 0 amide bonds. The molecule has 0 spiro atoms. The van der Waals surface area contributed by atoms with Crippen LogP contribution in [0.3, 0.4) is 0 Å². The van der Waals surface area contributed by atoms with Gasteiger partial charge in [-0.3, -0.25) is 4.79 Å². The normalized spacial score (nSPS) is 10.1. The van der Waals surface area contributed by atoms with Crippen LogP contribution < -0.4 is 4.74 Å². The summed E-state index contributed by atoms with van der Waals surface area (Å²) in [4.78, 5) is 12.1. The van der Waals surface area contributed by atoms with Crippen molar-refractivity contribution in [2.75, 3.05) is 7.11 Å². The Balaban J connectivity index is 2.34. The van der Waals surface area contributed by atoms with E-state index in [2.05, 4.69) is 0 Å². The number of ether oxygens (including phenoxy) is 1. The Kier molecular flexibility index (Phi) is 3.53. The van der Waals surface area contributed by atoms with Crippen molar-refractivity contribution >= 4 is 17.4 Å². The van der Waals surface area contributed by atoms with Crippen LogP contribution in [0.25, 0.3) is 0 Å². The van der Waals surface area contributed by atoms with E-state index in [1.165, 1.54) is 19.2 Å². The summed E-state index contributed by atoms with van der Waals surface area (Å²) in [5.74, 6) is 0.498. The molecular weight excluding hydrogens is 252 g/mol. The van der Waals surface area contributed by atoms with Gasteiger partial charge < -0.3 is 9.84 Å². The summed E-state index contributed by atoms with van der Waals surface area (Å²) >= 11 is 5.97. The van der Waals surface area contributed by atoms with Gasteiger partial charge in [0.15, 0.2) is 5.78 Å². The summed E-state index contributed by atoms with van der Waals surface area (Å²) in [6.07, 6.45) is 0. The highest BCUT2D eigenvalue weighted by Crippen LogP contribution is 2.26. The largest absolute Gasteiger partial charge is 0.508 e. The molecule has 0 atom stereocenters. The van der Waals surface area contributed by atoms with Gasteiger partial charge in [-0.25, -0.2) is 0 Å². The molecule has 4 heteroatoms. The molecule has 2 aromatic carbocycles. The van der Waals surface area contributed by atoms with Gasteiger partial charge >= 0.3 is 0 Å². The van der Waals surface area contributed by atoms with Crippen LogP contribution in [-0.2, 0) is 0 Å². The van der Waals surface area contributed by atoms with Crippen molar-refractivity contribution in [3.8, 4) is 11.5 Å². The lowest BCUT2D eigenvalue weighted by atomic mass is 10.0. The van der Waals surface area contributed by atoms with Crippen molar-refractivity contribution in [3.05, 3.63) is 58.6 Å². The van der Waals surface area contributed by atoms with Gasteiger partial charge in [0.2, 0.25) is 0 Å². The number of benzene rings is 2. The maximum absolute atomic E-state index is 12.1. The van der Waals surface area contributed by atoms with Crippen molar-refractivity contribution in [2.24, 2.45) is 0 Å². The summed E-state index contributed by atoms with van der Waals surface area (Å²) in [6, 6.07) is 10.9. The highest BCUT2D eigenvalue weighted by Gasteiger charge is 2.11. The zero-order valence-corrected chi connectivity index (χ0v) is 10.4. The number of hydrogen-bond donors (Lipinski definition) is 1. The Labute approximate surface area is 110 Å². The minimum Gasteiger partial charge on any atom is -0.508 e. The zero-order valence-electron chi connectivity index (χ0n) is 9.68. The highest BCUT2D eigenvalue weighted by molar-refractivity contribution is 6.32. The SMILES string of the molecule is COc1ccc(C(=O)c2ccc(O)cc2)cc1Cl. The molecule has 0 bridgehead atoms. The van der Waals surface area contributed by atoms with Gasteiger partial charge in [-0.15, -0.1) is 0 Å². The smallest absolute Gasteiger partial charge is 0.193 e. The maximum atomic E-state index is 12.1. The van der Waals surface area contributed by atoms with E-state index >= 15 is 0 Å². The summed E-state index contributed by atoms with van der Waals surface area (Å²) < 4.78 is 5.02. The van der Waals surface area contributed by atoms with E-state index in [1.807, 2.05) is 0 Å². The third kappa shape index (κ3) is 2.46. The van der Waals surface area contributed by atoms with Crippen LogP contribution in [0.4, 0.5) is 0 Å². The fourth-order valence-electron chi connectivity index (χ4n) is 1.59. The van der Waals surface area contributed by atoms with Crippen LogP contribution in [0.1, 0.15) is 15.9 Å². The molecule has 3 nitrogen and oxygen atoms in total. The Bertz CT molecular complexity index is 576. The molecular formula is C14H11ClO3. The molecule has 0 aliphatic heterocycles. The third-order valence-corrected chi connectivity index (χ3v) is 2.84. The fraction of sp³-hybridized carbons (Fsp3) is 0.0714. The van der Waals surface area contributed by atoms with Gasteiger partial charge in [0.1, 0.15) is 11.5 Å². The van der Waals surface area contributed by atoms with E-state index in [0.29, 0.717) is 21.9 Å². The number of methoxy groups -OCH3 is 1. The first-order chi connectivity index (χ1) is 8.61. The monoisotopic (exact) mass is 262 g/mol. The lowest BCUT2D eigenvalue weighted by Crippen LogP contribution is -2.01. The van der Waals surface area contributed by atoms with Crippen molar-refractivity contribution in [1.82, 2.24) is 0 Å². The van der Waals surface area contributed by atoms with E-state index in [-0.39, 0.29) is 11.5 Å². The van der Waals surface area contributed by atoms with Crippen LogP contribution in [0.5, 0.6) is 11.5 Å². The first-order valence-electron chi connectivity index (χ1n) is 5.29. The third-order valence-electron chi connectivity index (χ3n) is 2.54. The molecule has 0 fully saturated rings. The van der Waals surface area contributed by atoms with Gasteiger partial charge in [-0.05, 0) is 42.5 Å². The predicted octanol–water partition coefficient (Wildman–Crippen LogP) is 3.29. The minimum atomic E-state index is -0.153. The van der Waals surface area contributed by atoms with E-state index in [0.717, 1.165) is 0 Å². The molecule has 0 radical (unpaired) electrons.